The number of hydrogen-bond acceptors (Lipinski definition) is 15. The number of unbranched alkanes of at least 4 members (excludes halogenated alkanes) is 51. The number of carbonyl (C=O) groups is 4. The van der Waals surface area contributed by atoms with Crippen LogP contribution in [0.25, 0.3) is 0 Å². The summed E-state index contributed by atoms with van der Waals surface area (Å²) >= 11 is 0. The highest BCUT2D eigenvalue weighted by atomic mass is 31.2. The molecule has 0 rings (SSSR count). The number of rotatable bonds is 81. The van der Waals surface area contributed by atoms with Gasteiger partial charge in [-0.25, -0.2) is 9.13 Å². The van der Waals surface area contributed by atoms with Gasteiger partial charge in [0.2, 0.25) is 0 Å². The molecule has 17 nitrogen and oxygen atoms in total. The third-order valence-electron chi connectivity index (χ3n) is 19.2. The average Bonchev–Trinajstić information content (AvgIpc) is 0.986. The number of phosphoric ester groups is 2. The molecule has 19 heteroatoms. The van der Waals surface area contributed by atoms with Crippen molar-refractivity contribution in [2.24, 2.45) is 11.8 Å². The zero-order valence-electron chi connectivity index (χ0n) is 66.2. The van der Waals surface area contributed by atoms with E-state index in [0.29, 0.717) is 25.7 Å². The maximum Gasteiger partial charge on any atom is 0.472 e. The van der Waals surface area contributed by atoms with Gasteiger partial charge in [0.05, 0.1) is 26.4 Å². The van der Waals surface area contributed by atoms with E-state index in [1.54, 1.807) is 0 Å². The van der Waals surface area contributed by atoms with Gasteiger partial charge in [-0.1, -0.05) is 382 Å². The number of ether oxygens (including phenoxy) is 4. The molecule has 3 N–H and O–H groups in total. The molecule has 2 unspecified atom stereocenters. The molecule has 0 aromatic heterocycles. The lowest BCUT2D eigenvalue weighted by Crippen LogP contribution is -2.30. The molecule has 0 aromatic carbocycles. The van der Waals surface area contributed by atoms with Gasteiger partial charge in [0.25, 0.3) is 0 Å². The normalized spacial score (nSPS) is 13.9. The Morgan fingerprint density at radius 3 is 0.673 bits per heavy atom. The van der Waals surface area contributed by atoms with Gasteiger partial charge in [-0.15, -0.1) is 0 Å². The number of aliphatic hydroxyl groups is 1. The van der Waals surface area contributed by atoms with Crippen LogP contribution in [0.4, 0.5) is 0 Å². The molecule has 0 aliphatic heterocycles. The molecule has 0 saturated carbocycles. The van der Waals surface area contributed by atoms with Crippen LogP contribution in [0.1, 0.15) is 433 Å². The fourth-order valence-corrected chi connectivity index (χ4v) is 14.3. The minimum Gasteiger partial charge on any atom is -0.462 e. The minimum atomic E-state index is -4.96. The fraction of sp³-hybridized carbons (Fsp3) is 0.951. The average molecular weight is 1480 g/mol. The topological polar surface area (TPSA) is 237 Å². The maximum atomic E-state index is 13.1. The summed E-state index contributed by atoms with van der Waals surface area (Å²) in [6.45, 7) is 9.67. The first-order valence-corrected chi connectivity index (χ1v) is 45.5. The first-order valence-electron chi connectivity index (χ1n) is 42.5. The van der Waals surface area contributed by atoms with Gasteiger partial charge >= 0.3 is 39.5 Å². The smallest absolute Gasteiger partial charge is 0.462 e. The van der Waals surface area contributed by atoms with Crippen LogP contribution in [0.5, 0.6) is 0 Å². The summed E-state index contributed by atoms with van der Waals surface area (Å²) in [6, 6.07) is 0. The standard InChI is InChI=1S/C82H160O17P2/c1-7-9-11-13-15-17-19-21-22-23-24-25-30-36-42-48-54-60-66-81(86)98-77(71-93-80(85)65-59-53-47-41-35-29-27-26-28-32-38-44-50-56-62-74(3)4)72-96-100(88,89)94-68-76(83)69-95-101(90,91)97-73-78(70-92-79(84)64-58-52-46-40-34-20-18-16-14-12-10-8-2)99-82(87)67-61-55-49-43-37-31-33-39-45-51-57-63-75(5)6/h74-78,83H,7-73H2,1-6H3,(H,88,89)(H,90,91)/t76-,77-,78-/m1/s1. The van der Waals surface area contributed by atoms with Gasteiger partial charge in [0, 0.05) is 25.7 Å². The van der Waals surface area contributed by atoms with Crippen molar-refractivity contribution in [1.82, 2.24) is 0 Å². The number of aliphatic hydroxyl groups excluding tert-OH is 1. The quantitative estimate of drug-likeness (QED) is 0.0222. The Kier molecular flexibility index (Phi) is 72.2. The van der Waals surface area contributed by atoms with Crippen LogP contribution >= 0.6 is 15.6 Å². The highest BCUT2D eigenvalue weighted by molar-refractivity contribution is 7.47. The van der Waals surface area contributed by atoms with E-state index in [1.165, 1.54) is 250 Å². The van der Waals surface area contributed by atoms with Crippen LogP contribution in [-0.4, -0.2) is 96.7 Å². The first kappa shape index (κ1) is 99.1. The summed E-state index contributed by atoms with van der Waals surface area (Å²) in [5, 5.41) is 10.7. The molecule has 0 fully saturated rings. The van der Waals surface area contributed by atoms with E-state index < -0.39 is 97.5 Å². The van der Waals surface area contributed by atoms with E-state index >= 15 is 0 Å². The number of esters is 4. The van der Waals surface area contributed by atoms with E-state index in [9.17, 15) is 43.2 Å². The van der Waals surface area contributed by atoms with Gasteiger partial charge < -0.3 is 33.8 Å². The maximum absolute atomic E-state index is 13.1. The summed E-state index contributed by atoms with van der Waals surface area (Å²) in [7, 11) is -9.92. The second-order valence-corrected chi connectivity index (χ2v) is 33.4. The number of hydrogen-bond donors (Lipinski definition) is 3. The van der Waals surface area contributed by atoms with Crippen molar-refractivity contribution in [2.45, 2.75) is 452 Å². The number of carbonyl (C=O) groups excluding carboxylic acids is 4. The minimum absolute atomic E-state index is 0.107. The second-order valence-electron chi connectivity index (χ2n) is 30.5. The molecule has 600 valence electrons. The van der Waals surface area contributed by atoms with E-state index in [-0.39, 0.29) is 25.7 Å². The molecule has 5 atom stereocenters. The Bertz CT molecular complexity index is 1940. The Hall–Kier alpha value is -1.94. The third kappa shape index (κ3) is 76.1. The van der Waals surface area contributed by atoms with Crippen LogP contribution in [0, 0.1) is 11.8 Å². The van der Waals surface area contributed by atoms with Crippen molar-refractivity contribution in [3.05, 3.63) is 0 Å². The molecule has 0 amide bonds. The van der Waals surface area contributed by atoms with Crippen molar-refractivity contribution in [3.63, 3.8) is 0 Å². The zero-order valence-corrected chi connectivity index (χ0v) is 68.0. The zero-order chi connectivity index (χ0) is 74.2. The molecule has 0 heterocycles. The molecule has 0 bridgehead atoms. The summed E-state index contributed by atoms with van der Waals surface area (Å²) in [4.78, 5) is 73.1. The summed E-state index contributed by atoms with van der Waals surface area (Å²) < 4.78 is 68.8. The predicted molar refractivity (Wildman–Crippen MR) is 414 cm³/mol. The molecule has 0 aliphatic rings. The van der Waals surface area contributed by atoms with Crippen molar-refractivity contribution in [3.8, 4) is 0 Å². The molecular weight excluding hydrogens is 1320 g/mol. The molecule has 0 aliphatic carbocycles. The van der Waals surface area contributed by atoms with Crippen molar-refractivity contribution in [1.29, 1.82) is 0 Å². The lowest BCUT2D eigenvalue weighted by atomic mass is 10.0. The Morgan fingerprint density at radius 1 is 0.267 bits per heavy atom. The van der Waals surface area contributed by atoms with Crippen LogP contribution in [0.2, 0.25) is 0 Å². The van der Waals surface area contributed by atoms with Crippen molar-refractivity contribution in [2.75, 3.05) is 39.6 Å². The largest absolute Gasteiger partial charge is 0.472 e. The van der Waals surface area contributed by atoms with E-state index in [4.69, 9.17) is 37.0 Å². The van der Waals surface area contributed by atoms with E-state index in [1.807, 2.05) is 0 Å². The molecule has 0 radical (unpaired) electrons. The second kappa shape index (κ2) is 73.6. The highest BCUT2D eigenvalue weighted by Crippen LogP contribution is 2.45. The lowest BCUT2D eigenvalue weighted by Gasteiger charge is -2.21. The fourth-order valence-electron chi connectivity index (χ4n) is 12.7. The molecule has 0 saturated heterocycles. The van der Waals surface area contributed by atoms with Gasteiger partial charge in [-0.2, -0.15) is 0 Å². The predicted octanol–water partition coefficient (Wildman–Crippen LogP) is 24.7. The van der Waals surface area contributed by atoms with Crippen molar-refractivity contribution < 1.29 is 80.2 Å². The summed E-state index contributed by atoms with van der Waals surface area (Å²) in [6.07, 6.45) is 63.7. The van der Waals surface area contributed by atoms with Gasteiger partial charge in [-0.05, 0) is 37.5 Å². The van der Waals surface area contributed by atoms with Gasteiger partial charge in [0.15, 0.2) is 12.2 Å². The Labute approximate surface area is 619 Å². The van der Waals surface area contributed by atoms with Gasteiger partial charge in [0.1, 0.15) is 19.3 Å². The molecular formula is C82H160O17P2. The molecule has 0 spiro atoms. The van der Waals surface area contributed by atoms with E-state index in [2.05, 4.69) is 41.5 Å². The Morgan fingerprint density at radius 2 is 0.455 bits per heavy atom. The molecule has 0 aromatic rings. The lowest BCUT2D eigenvalue weighted by molar-refractivity contribution is -0.161. The molecule has 101 heavy (non-hydrogen) atoms. The third-order valence-corrected chi connectivity index (χ3v) is 21.1. The van der Waals surface area contributed by atoms with Gasteiger partial charge in [-0.3, -0.25) is 37.3 Å². The first-order chi connectivity index (χ1) is 48.9. The Balaban J connectivity index is 5.26. The van der Waals surface area contributed by atoms with Crippen LogP contribution in [-0.2, 0) is 65.4 Å². The highest BCUT2D eigenvalue weighted by Gasteiger charge is 2.30. The van der Waals surface area contributed by atoms with Crippen LogP contribution in [0.15, 0.2) is 0 Å². The van der Waals surface area contributed by atoms with E-state index in [0.717, 1.165) is 102 Å². The number of phosphoric acid groups is 2. The van der Waals surface area contributed by atoms with Crippen molar-refractivity contribution >= 4 is 39.5 Å². The SMILES string of the molecule is CCCCCCCCCCCCCCCCCCCCC(=O)O[C@H](COC(=O)CCCCCCCCCCCCCCCCC(C)C)COP(=O)(O)OC[C@@H](O)COP(=O)(O)OC[C@@H](COC(=O)CCCCCCCCCCCCCC)OC(=O)CCCCCCCCCCCCCC(C)C. The van der Waals surface area contributed by atoms with Crippen LogP contribution < -0.4 is 0 Å². The van der Waals surface area contributed by atoms with Crippen LogP contribution in [0.3, 0.4) is 0 Å². The summed E-state index contributed by atoms with van der Waals surface area (Å²) in [5.74, 6) is -0.540. The summed E-state index contributed by atoms with van der Waals surface area (Å²) in [5.41, 5.74) is 0. The monoisotopic (exact) mass is 1480 g/mol.